The van der Waals surface area contributed by atoms with Crippen LogP contribution in [0.5, 0.6) is 11.5 Å². The lowest BCUT2D eigenvalue weighted by Gasteiger charge is -2.35. The van der Waals surface area contributed by atoms with Crippen LogP contribution in [0.1, 0.15) is 30.7 Å². The van der Waals surface area contributed by atoms with Gasteiger partial charge >= 0.3 is 0 Å². The summed E-state index contributed by atoms with van der Waals surface area (Å²) in [6.45, 7) is 3.96. The number of piperidine rings is 1. The molecule has 0 saturated carbocycles. The van der Waals surface area contributed by atoms with Gasteiger partial charge in [0.15, 0.2) is 16.7 Å². The predicted molar refractivity (Wildman–Crippen MR) is 149 cm³/mol. The molecule has 2 N–H and O–H groups in total. The molecule has 1 atom stereocenters. The molecular formula is C28H31N5O2S2. The molecule has 4 aromatic rings. The van der Waals surface area contributed by atoms with E-state index in [1.54, 1.807) is 11.8 Å². The van der Waals surface area contributed by atoms with Crippen molar-refractivity contribution in [1.82, 2.24) is 19.9 Å². The maximum Gasteiger partial charge on any atom is 0.188 e. The van der Waals surface area contributed by atoms with Gasteiger partial charge < -0.3 is 15.2 Å². The predicted octanol–water partition coefficient (Wildman–Crippen LogP) is 6.32. The summed E-state index contributed by atoms with van der Waals surface area (Å²) in [6, 6.07) is 16.4. The van der Waals surface area contributed by atoms with Crippen molar-refractivity contribution in [2.24, 2.45) is 0 Å². The maximum absolute atomic E-state index is 9.45. The van der Waals surface area contributed by atoms with Crippen molar-refractivity contribution < 1.29 is 9.84 Å². The van der Waals surface area contributed by atoms with Crippen molar-refractivity contribution in [2.75, 3.05) is 25.0 Å². The number of aliphatic hydroxyl groups excluding tert-OH is 1. The monoisotopic (exact) mass is 533 g/mol. The minimum absolute atomic E-state index is 0.202. The second-order valence-corrected chi connectivity index (χ2v) is 11.1. The highest BCUT2D eigenvalue weighted by molar-refractivity contribution is 7.99. The first-order valence-corrected chi connectivity index (χ1v) is 14.3. The van der Waals surface area contributed by atoms with Crippen LogP contribution in [-0.2, 0) is 6.42 Å². The number of nitrogens with one attached hydrogen (secondary N) is 1. The van der Waals surface area contributed by atoms with E-state index in [1.807, 2.05) is 67.2 Å². The highest BCUT2D eigenvalue weighted by Gasteiger charge is 2.22. The van der Waals surface area contributed by atoms with E-state index in [1.165, 1.54) is 24.2 Å². The highest BCUT2D eigenvalue weighted by atomic mass is 32.2. The normalized spacial score (nSPS) is 16.0. The summed E-state index contributed by atoms with van der Waals surface area (Å²) < 4.78 is 6.23. The summed E-state index contributed by atoms with van der Waals surface area (Å²) in [6.07, 6.45) is 8.22. The first kappa shape index (κ1) is 25.7. The highest BCUT2D eigenvalue weighted by Crippen LogP contribution is 2.36. The van der Waals surface area contributed by atoms with Gasteiger partial charge in [-0.15, -0.1) is 11.3 Å². The van der Waals surface area contributed by atoms with Crippen molar-refractivity contribution in [1.29, 1.82) is 0 Å². The molecule has 5 rings (SSSR count). The van der Waals surface area contributed by atoms with Gasteiger partial charge in [0.1, 0.15) is 5.75 Å². The van der Waals surface area contributed by atoms with Crippen molar-refractivity contribution in [3.8, 4) is 11.5 Å². The number of ether oxygens (including phenoxy) is 1. The minimum atomic E-state index is 0.202. The van der Waals surface area contributed by atoms with Gasteiger partial charge in [0.05, 0.1) is 12.3 Å². The number of β-amino-alcohol motifs (C(OH)–C–C–N with tert-alkyl or cyclic N) is 1. The van der Waals surface area contributed by atoms with Gasteiger partial charge in [-0.2, -0.15) is 0 Å². The Morgan fingerprint density at radius 2 is 2.03 bits per heavy atom. The molecule has 1 aliphatic rings. The van der Waals surface area contributed by atoms with Crippen LogP contribution in [0.2, 0.25) is 0 Å². The second kappa shape index (κ2) is 12.5. The summed E-state index contributed by atoms with van der Waals surface area (Å²) in [5.74, 6) is 2.01. The number of benzene rings is 1. The van der Waals surface area contributed by atoms with Crippen molar-refractivity contribution in [3.63, 3.8) is 0 Å². The number of thiazole rings is 1. The Morgan fingerprint density at radius 3 is 2.84 bits per heavy atom. The van der Waals surface area contributed by atoms with Crippen LogP contribution < -0.4 is 10.1 Å². The number of pyridine rings is 2. The van der Waals surface area contributed by atoms with E-state index in [0.29, 0.717) is 17.6 Å². The van der Waals surface area contributed by atoms with E-state index in [2.05, 4.69) is 31.2 Å². The number of anilines is 2. The molecule has 4 heterocycles. The third-order valence-electron chi connectivity index (χ3n) is 6.25. The fraction of sp³-hybridized carbons (Fsp3) is 0.321. The largest absolute Gasteiger partial charge is 0.453 e. The number of rotatable bonds is 10. The van der Waals surface area contributed by atoms with Crippen molar-refractivity contribution >= 4 is 34.0 Å². The van der Waals surface area contributed by atoms with Crippen LogP contribution in [0.3, 0.4) is 0 Å². The van der Waals surface area contributed by atoms with Crippen molar-refractivity contribution in [3.05, 3.63) is 77.7 Å². The molecule has 192 valence electrons. The second-order valence-electron chi connectivity index (χ2n) is 9.05. The zero-order valence-corrected chi connectivity index (χ0v) is 22.5. The van der Waals surface area contributed by atoms with Crippen LogP contribution >= 0.6 is 23.1 Å². The van der Waals surface area contributed by atoms with E-state index in [0.717, 1.165) is 58.0 Å². The summed E-state index contributed by atoms with van der Waals surface area (Å²) in [4.78, 5) is 18.3. The molecule has 1 saturated heterocycles. The average Bonchev–Trinajstić information content (AvgIpc) is 3.32. The van der Waals surface area contributed by atoms with E-state index >= 15 is 0 Å². The third kappa shape index (κ3) is 7.07. The smallest absolute Gasteiger partial charge is 0.188 e. The molecule has 37 heavy (non-hydrogen) atoms. The van der Waals surface area contributed by atoms with Gasteiger partial charge in [0.25, 0.3) is 0 Å². The van der Waals surface area contributed by atoms with E-state index in [4.69, 9.17) is 4.74 Å². The number of hydrogen-bond donors (Lipinski definition) is 2. The zero-order chi connectivity index (χ0) is 25.5. The average molecular weight is 534 g/mol. The number of likely N-dealkylation sites (tertiary alicyclic amines) is 1. The standard InChI is InChI=1S/C28H31N5O2S2/c1-20-19-36-28(31-20)32-27-26(35-23-8-3-2-4-9-23)17-25(18-30-27)37-24-10-11-29-21(16-24)15-22-7-5-6-12-33(22)13-14-34/h2-4,8-11,16-19,22,34H,5-7,12-15H2,1H3,(H,30,31,32). The Bertz CT molecular complexity index is 1300. The number of aromatic nitrogens is 3. The summed E-state index contributed by atoms with van der Waals surface area (Å²) >= 11 is 3.18. The summed E-state index contributed by atoms with van der Waals surface area (Å²) in [5.41, 5.74) is 2.04. The van der Waals surface area contributed by atoms with E-state index < -0.39 is 0 Å². The van der Waals surface area contributed by atoms with Crippen LogP contribution in [0, 0.1) is 6.92 Å². The Kier molecular flexibility index (Phi) is 8.68. The first-order chi connectivity index (χ1) is 18.2. The SMILES string of the molecule is Cc1csc(Nc2ncc(Sc3ccnc(CC4CCCCN4CCO)c3)cc2Oc2ccccc2)n1. The molecular weight excluding hydrogens is 502 g/mol. The van der Waals surface area contributed by atoms with Gasteiger partial charge in [0, 0.05) is 58.3 Å². The minimum Gasteiger partial charge on any atom is -0.453 e. The molecule has 1 aliphatic heterocycles. The Hall–Kier alpha value is -2.98. The molecule has 7 nitrogen and oxygen atoms in total. The lowest BCUT2D eigenvalue weighted by atomic mass is 9.98. The number of nitrogens with zero attached hydrogens (tertiary/aromatic N) is 4. The molecule has 0 bridgehead atoms. The molecule has 0 spiro atoms. The van der Waals surface area contributed by atoms with Gasteiger partial charge in [-0.3, -0.25) is 9.88 Å². The van der Waals surface area contributed by atoms with E-state index in [9.17, 15) is 5.11 Å². The number of aryl methyl sites for hydroxylation is 1. The molecule has 1 aromatic carbocycles. The van der Waals surface area contributed by atoms with E-state index in [-0.39, 0.29) is 6.61 Å². The number of aliphatic hydroxyl groups is 1. The van der Waals surface area contributed by atoms with Gasteiger partial charge in [-0.25, -0.2) is 9.97 Å². The van der Waals surface area contributed by atoms with Crippen molar-refractivity contribution in [2.45, 2.75) is 48.4 Å². The summed E-state index contributed by atoms with van der Waals surface area (Å²) in [7, 11) is 0. The molecule has 0 radical (unpaired) electrons. The van der Waals surface area contributed by atoms with Gasteiger partial charge in [0.2, 0.25) is 0 Å². The Balaban J connectivity index is 1.34. The lowest BCUT2D eigenvalue weighted by molar-refractivity contribution is 0.116. The molecule has 9 heteroatoms. The third-order valence-corrected chi connectivity index (χ3v) is 8.07. The van der Waals surface area contributed by atoms with Crippen LogP contribution in [-0.4, -0.2) is 50.7 Å². The summed E-state index contributed by atoms with van der Waals surface area (Å²) in [5, 5.41) is 15.5. The van der Waals surface area contributed by atoms with Gasteiger partial charge in [-0.1, -0.05) is 36.4 Å². The molecule has 3 aromatic heterocycles. The zero-order valence-electron chi connectivity index (χ0n) is 20.8. The maximum atomic E-state index is 9.45. The Morgan fingerprint density at radius 1 is 1.14 bits per heavy atom. The topological polar surface area (TPSA) is 83.4 Å². The molecule has 0 amide bonds. The fourth-order valence-electron chi connectivity index (χ4n) is 4.50. The first-order valence-electron chi connectivity index (χ1n) is 12.6. The van der Waals surface area contributed by atoms with Crippen LogP contribution in [0.15, 0.2) is 76.1 Å². The molecule has 0 aliphatic carbocycles. The number of para-hydroxylation sites is 1. The molecule has 1 unspecified atom stereocenters. The molecule has 1 fully saturated rings. The fourth-order valence-corrected chi connectivity index (χ4v) is 6.06. The van der Waals surface area contributed by atoms with Crippen LogP contribution in [0.4, 0.5) is 10.9 Å². The quantitative estimate of drug-likeness (QED) is 0.245. The van der Waals surface area contributed by atoms with Crippen LogP contribution in [0.25, 0.3) is 0 Å². The Labute approximate surface area is 226 Å². The lowest BCUT2D eigenvalue weighted by Crippen LogP contribution is -2.42. The number of hydrogen-bond acceptors (Lipinski definition) is 9. The van der Waals surface area contributed by atoms with Gasteiger partial charge in [-0.05, 0) is 50.6 Å².